The van der Waals surface area contributed by atoms with Crippen molar-refractivity contribution >= 4 is 18.0 Å². The molecule has 0 aliphatic rings. The van der Waals surface area contributed by atoms with Gasteiger partial charge in [-0.2, -0.15) is 0 Å². The second kappa shape index (κ2) is 18.6. The maximum atomic E-state index is 11.7. The number of hydrogen-bond acceptors (Lipinski definition) is 4. The number of aliphatic hydroxyl groups is 1. The van der Waals surface area contributed by atoms with E-state index in [0.29, 0.717) is 0 Å². The van der Waals surface area contributed by atoms with Crippen LogP contribution in [0.3, 0.4) is 0 Å². The van der Waals surface area contributed by atoms with Crippen molar-refractivity contribution in [1.82, 2.24) is 0 Å². The summed E-state index contributed by atoms with van der Waals surface area (Å²) in [5, 5.41) is 9.92. The van der Waals surface area contributed by atoms with Gasteiger partial charge in [0.15, 0.2) is 0 Å². The number of benzene rings is 1. The zero-order valence-electron chi connectivity index (χ0n) is 19.1. The van der Waals surface area contributed by atoms with Crippen molar-refractivity contribution in [1.29, 1.82) is 0 Å². The van der Waals surface area contributed by atoms with Crippen LogP contribution in [0.4, 0.5) is 0 Å². The standard InChI is InChI=1S/C27H40O4/c1-2-3-4-14-19-25(28)20-15-9-7-5-6-8-10-16-21-26(29)31-27(30)23-22-24-17-12-11-13-18-24/h9,11-13,15,17-18,22-23,25,28H,2-8,10,14,16,19-21H2,1H3/b15-9-,23-22?/t25-/m1/s1. The molecule has 4 heteroatoms. The average molecular weight is 429 g/mol. The molecule has 0 radical (unpaired) electrons. The molecule has 0 spiro atoms. The van der Waals surface area contributed by atoms with Crippen LogP contribution in [0, 0.1) is 0 Å². The van der Waals surface area contributed by atoms with Crippen molar-refractivity contribution < 1.29 is 19.4 Å². The first-order chi connectivity index (χ1) is 15.1. The normalized spacial score (nSPS) is 12.5. The minimum absolute atomic E-state index is 0.200. The Hall–Kier alpha value is -2.20. The van der Waals surface area contributed by atoms with Crippen LogP contribution < -0.4 is 0 Å². The molecule has 31 heavy (non-hydrogen) atoms. The van der Waals surface area contributed by atoms with Crippen LogP contribution in [0.25, 0.3) is 6.08 Å². The molecule has 0 aliphatic carbocycles. The van der Waals surface area contributed by atoms with Gasteiger partial charge in [-0.05, 0) is 43.7 Å². The number of hydrogen-bond donors (Lipinski definition) is 1. The lowest BCUT2D eigenvalue weighted by Gasteiger charge is -2.07. The van der Waals surface area contributed by atoms with E-state index in [9.17, 15) is 14.7 Å². The first kappa shape index (κ1) is 26.8. The Morgan fingerprint density at radius 1 is 0.935 bits per heavy atom. The summed E-state index contributed by atoms with van der Waals surface area (Å²) in [5.41, 5.74) is 0.889. The van der Waals surface area contributed by atoms with Gasteiger partial charge in [0.25, 0.3) is 0 Å². The Bertz CT molecular complexity index is 648. The zero-order chi connectivity index (χ0) is 22.6. The fraction of sp³-hybridized carbons (Fsp3) is 0.556. The number of rotatable bonds is 17. The van der Waals surface area contributed by atoms with E-state index in [4.69, 9.17) is 4.74 Å². The van der Waals surface area contributed by atoms with Gasteiger partial charge in [0.05, 0.1) is 6.10 Å². The van der Waals surface area contributed by atoms with Gasteiger partial charge in [0.2, 0.25) is 0 Å². The van der Waals surface area contributed by atoms with Crippen LogP contribution in [0.5, 0.6) is 0 Å². The summed E-state index contributed by atoms with van der Waals surface area (Å²) in [6.07, 6.45) is 19.8. The molecule has 1 N–H and O–H groups in total. The molecule has 1 aromatic carbocycles. The molecule has 0 unspecified atom stereocenters. The third-order valence-corrected chi connectivity index (χ3v) is 5.14. The van der Waals surface area contributed by atoms with Crippen molar-refractivity contribution in [2.75, 3.05) is 0 Å². The number of carbonyl (C=O) groups excluding carboxylic acids is 2. The van der Waals surface area contributed by atoms with Gasteiger partial charge in [-0.25, -0.2) is 4.79 Å². The first-order valence-electron chi connectivity index (χ1n) is 11.9. The molecular weight excluding hydrogens is 388 g/mol. The lowest BCUT2D eigenvalue weighted by Crippen LogP contribution is -2.09. The van der Waals surface area contributed by atoms with E-state index in [2.05, 4.69) is 19.1 Å². The maximum absolute atomic E-state index is 11.7. The molecule has 4 nitrogen and oxygen atoms in total. The van der Waals surface area contributed by atoms with Gasteiger partial charge in [0, 0.05) is 12.5 Å². The molecule has 0 heterocycles. The predicted octanol–water partition coefficient (Wildman–Crippen LogP) is 6.78. The topological polar surface area (TPSA) is 63.6 Å². The molecule has 0 aromatic heterocycles. The molecule has 0 aliphatic heterocycles. The zero-order valence-corrected chi connectivity index (χ0v) is 19.1. The van der Waals surface area contributed by atoms with E-state index in [1.807, 2.05) is 30.3 Å². The summed E-state index contributed by atoms with van der Waals surface area (Å²) in [4.78, 5) is 23.4. The minimum atomic E-state index is -0.619. The van der Waals surface area contributed by atoms with E-state index in [1.54, 1.807) is 6.08 Å². The highest BCUT2D eigenvalue weighted by Crippen LogP contribution is 2.11. The van der Waals surface area contributed by atoms with Crippen LogP contribution in [-0.2, 0) is 14.3 Å². The summed E-state index contributed by atoms with van der Waals surface area (Å²) in [5.74, 6) is -1.08. The molecule has 0 bridgehead atoms. The summed E-state index contributed by atoms with van der Waals surface area (Å²) in [6, 6.07) is 9.42. The summed E-state index contributed by atoms with van der Waals surface area (Å²) >= 11 is 0. The highest BCUT2D eigenvalue weighted by molar-refractivity contribution is 5.94. The smallest absolute Gasteiger partial charge is 0.338 e. The van der Waals surface area contributed by atoms with Gasteiger partial charge in [0.1, 0.15) is 0 Å². The molecule has 0 amide bonds. The Balaban J connectivity index is 1.95. The predicted molar refractivity (Wildman–Crippen MR) is 127 cm³/mol. The largest absolute Gasteiger partial charge is 0.393 e. The summed E-state index contributed by atoms with van der Waals surface area (Å²) in [6.45, 7) is 2.20. The third-order valence-electron chi connectivity index (χ3n) is 5.14. The number of carbonyl (C=O) groups is 2. The molecule has 0 fully saturated rings. The third kappa shape index (κ3) is 16.2. The molecular formula is C27H40O4. The highest BCUT2D eigenvalue weighted by atomic mass is 16.6. The number of unbranched alkanes of at least 4 members (excludes halogenated alkanes) is 8. The molecule has 1 aromatic rings. The van der Waals surface area contributed by atoms with Crippen molar-refractivity contribution in [2.45, 2.75) is 96.5 Å². The molecule has 1 atom stereocenters. The maximum Gasteiger partial charge on any atom is 0.338 e. The van der Waals surface area contributed by atoms with Crippen molar-refractivity contribution in [2.24, 2.45) is 0 Å². The Morgan fingerprint density at radius 2 is 1.65 bits per heavy atom. The fourth-order valence-corrected chi connectivity index (χ4v) is 3.28. The van der Waals surface area contributed by atoms with Crippen LogP contribution in [0.2, 0.25) is 0 Å². The van der Waals surface area contributed by atoms with Crippen LogP contribution >= 0.6 is 0 Å². The van der Waals surface area contributed by atoms with Crippen molar-refractivity contribution in [3.8, 4) is 0 Å². The SMILES string of the molecule is CCCCCC[C@@H](O)C/C=C\CCCCCCCC(=O)OC(=O)C=Cc1ccccc1. The van der Waals surface area contributed by atoms with E-state index in [0.717, 1.165) is 63.4 Å². The van der Waals surface area contributed by atoms with Gasteiger partial charge in [-0.3, -0.25) is 4.79 Å². The Morgan fingerprint density at radius 3 is 2.42 bits per heavy atom. The summed E-state index contributed by atoms with van der Waals surface area (Å²) in [7, 11) is 0. The van der Waals surface area contributed by atoms with Crippen LogP contribution in [0.1, 0.15) is 96.0 Å². The Kier molecular flexibility index (Phi) is 16.1. The van der Waals surface area contributed by atoms with Crippen LogP contribution in [-0.4, -0.2) is 23.1 Å². The number of aliphatic hydroxyl groups excluding tert-OH is 1. The number of ether oxygens (including phenoxy) is 1. The fourth-order valence-electron chi connectivity index (χ4n) is 3.28. The van der Waals surface area contributed by atoms with Gasteiger partial charge < -0.3 is 9.84 Å². The first-order valence-corrected chi connectivity index (χ1v) is 11.9. The monoisotopic (exact) mass is 428 g/mol. The molecule has 172 valence electrons. The lowest BCUT2D eigenvalue weighted by atomic mass is 10.1. The van der Waals surface area contributed by atoms with Crippen LogP contribution in [0.15, 0.2) is 48.6 Å². The highest BCUT2D eigenvalue weighted by Gasteiger charge is 2.07. The van der Waals surface area contributed by atoms with E-state index in [-0.39, 0.29) is 12.5 Å². The molecule has 0 saturated carbocycles. The van der Waals surface area contributed by atoms with Gasteiger partial charge in [-0.1, -0.05) is 94.4 Å². The van der Waals surface area contributed by atoms with Crippen molar-refractivity contribution in [3.05, 3.63) is 54.1 Å². The second-order valence-electron chi connectivity index (χ2n) is 8.05. The quantitative estimate of drug-likeness (QED) is 0.0976. The minimum Gasteiger partial charge on any atom is -0.393 e. The van der Waals surface area contributed by atoms with Crippen molar-refractivity contribution in [3.63, 3.8) is 0 Å². The second-order valence-corrected chi connectivity index (χ2v) is 8.05. The van der Waals surface area contributed by atoms with E-state index in [1.165, 1.54) is 25.3 Å². The Labute approximate surface area is 188 Å². The molecule has 1 rings (SSSR count). The number of esters is 2. The van der Waals surface area contributed by atoms with E-state index < -0.39 is 11.9 Å². The molecule has 0 saturated heterocycles. The summed E-state index contributed by atoms with van der Waals surface area (Å²) < 4.78 is 4.81. The lowest BCUT2D eigenvalue weighted by molar-refractivity contribution is -0.156. The van der Waals surface area contributed by atoms with E-state index >= 15 is 0 Å². The van der Waals surface area contributed by atoms with Gasteiger partial charge >= 0.3 is 11.9 Å². The van der Waals surface area contributed by atoms with Gasteiger partial charge in [-0.15, -0.1) is 0 Å². The number of allylic oxidation sites excluding steroid dienone is 1. The average Bonchev–Trinajstić information content (AvgIpc) is 2.77.